The summed E-state index contributed by atoms with van der Waals surface area (Å²) in [6, 6.07) is 0.407. The molecule has 176 valence electrons. The molecule has 0 spiro atoms. The van der Waals surface area contributed by atoms with E-state index in [0.717, 1.165) is 30.5 Å². The maximum Gasteiger partial charge on any atom is 0.198 e. The highest BCUT2D eigenvalue weighted by atomic mass is 16.3. The summed E-state index contributed by atoms with van der Waals surface area (Å²) in [5.74, 6) is 0.973. The number of aromatic hydroxyl groups is 2. The largest absolute Gasteiger partial charge is 0.494 e. The molecule has 4 heteroatoms. The molecular formula is C26H50N2O2. The third-order valence-corrected chi connectivity index (χ3v) is 7.00. The highest BCUT2D eigenvalue weighted by Crippen LogP contribution is 2.55. The van der Waals surface area contributed by atoms with Gasteiger partial charge in [-0.25, -0.2) is 0 Å². The van der Waals surface area contributed by atoms with Crippen molar-refractivity contribution in [3.8, 4) is 11.8 Å². The predicted octanol–water partition coefficient (Wildman–Crippen LogP) is 6.67. The average molecular weight is 423 g/mol. The molecule has 1 aromatic heterocycles. The van der Waals surface area contributed by atoms with Crippen LogP contribution in [0, 0.1) is 11.3 Å². The van der Waals surface area contributed by atoms with Crippen LogP contribution in [0.25, 0.3) is 0 Å². The number of nitrogens with zero attached hydrogens (tertiary/aromatic N) is 1. The van der Waals surface area contributed by atoms with E-state index in [4.69, 9.17) is 0 Å². The van der Waals surface area contributed by atoms with E-state index in [1.807, 2.05) is 0 Å². The summed E-state index contributed by atoms with van der Waals surface area (Å²) in [5, 5.41) is 26.5. The van der Waals surface area contributed by atoms with Gasteiger partial charge in [-0.2, -0.15) is 0 Å². The lowest BCUT2D eigenvalue weighted by Crippen LogP contribution is -2.39. The van der Waals surface area contributed by atoms with Crippen LogP contribution in [-0.2, 0) is 16.4 Å². The summed E-state index contributed by atoms with van der Waals surface area (Å²) < 4.78 is 1.78. The zero-order valence-corrected chi connectivity index (χ0v) is 22.1. The van der Waals surface area contributed by atoms with Crippen LogP contribution < -0.4 is 5.32 Å². The van der Waals surface area contributed by atoms with Crippen molar-refractivity contribution in [1.29, 1.82) is 0 Å². The fraction of sp³-hybridized carbons (Fsp3) is 0.846. The first-order valence-electron chi connectivity index (χ1n) is 11.7. The van der Waals surface area contributed by atoms with Crippen molar-refractivity contribution in [2.24, 2.45) is 11.3 Å². The average Bonchev–Trinajstić information content (AvgIpc) is 2.76. The first kappa shape index (κ1) is 26.9. The molecule has 0 aliphatic heterocycles. The first-order valence-corrected chi connectivity index (χ1v) is 11.7. The fourth-order valence-corrected chi connectivity index (χ4v) is 4.82. The summed E-state index contributed by atoms with van der Waals surface area (Å²) in [4.78, 5) is 0. The summed E-state index contributed by atoms with van der Waals surface area (Å²) in [6.07, 6.45) is 1.84. The number of hydrogen-bond acceptors (Lipinski definition) is 3. The second-order valence-corrected chi connectivity index (χ2v) is 12.8. The van der Waals surface area contributed by atoms with Gasteiger partial charge in [-0.05, 0) is 50.0 Å². The van der Waals surface area contributed by atoms with Crippen LogP contribution in [0.5, 0.6) is 11.8 Å². The highest BCUT2D eigenvalue weighted by molar-refractivity contribution is 5.54. The number of nitrogens with one attached hydrogen (secondary N) is 1. The molecule has 0 saturated heterocycles. The molecule has 0 saturated carbocycles. The highest BCUT2D eigenvalue weighted by Gasteiger charge is 2.47. The molecular weight excluding hydrogens is 372 g/mol. The second-order valence-electron chi connectivity index (χ2n) is 12.8. The van der Waals surface area contributed by atoms with Gasteiger partial charge in [0.05, 0.1) is 0 Å². The molecule has 0 aliphatic rings. The molecule has 0 atom stereocenters. The van der Waals surface area contributed by atoms with Crippen molar-refractivity contribution >= 4 is 0 Å². The molecule has 0 aromatic carbocycles. The van der Waals surface area contributed by atoms with Gasteiger partial charge in [0.25, 0.3) is 0 Å². The van der Waals surface area contributed by atoms with Gasteiger partial charge in [-0.3, -0.25) is 4.57 Å². The molecule has 3 N–H and O–H groups in total. The lowest BCUT2D eigenvalue weighted by Gasteiger charge is -2.44. The van der Waals surface area contributed by atoms with Gasteiger partial charge in [-0.15, -0.1) is 0 Å². The molecule has 0 amide bonds. The SMILES string of the molecule is CC(C)CC(C)(C)C(C)(C)c1c(C(C)(C)C)c(O)n(C(C)(C)CCNC(C)C)c1O. The standard InChI is InChI=1S/C26H50N2O2/c1-17(2)16-24(8,9)26(12,13)20-19(23(5,6)7)21(29)28(22(20)30)25(10,11)14-15-27-18(3)4/h17-18,27,29-30H,14-16H2,1-13H3. The molecule has 30 heavy (non-hydrogen) atoms. The Bertz CT molecular complexity index is 716. The smallest absolute Gasteiger partial charge is 0.198 e. The van der Waals surface area contributed by atoms with E-state index in [9.17, 15) is 10.2 Å². The van der Waals surface area contributed by atoms with Gasteiger partial charge >= 0.3 is 0 Å². The Morgan fingerprint density at radius 1 is 0.800 bits per heavy atom. The zero-order chi connectivity index (χ0) is 23.9. The molecule has 0 aliphatic carbocycles. The Kier molecular flexibility index (Phi) is 7.85. The Morgan fingerprint density at radius 2 is 1.27 bits per heavy atom. The molecule has 0 fully saturated rings. The Balaban J connectivity index is 3.72. The quantitative estimate of drug-likeness (QED) is 0.416. The van der Waals surface area contributed by atoms with Crippen LogP contribution >= 0.6 is 0 Å². The molecule has 1 aromatic rings. The predicted molar refractivity (Wildman–Crippen MR) is 130 cm³/mol. The van der Waals surface area contributed by atoms with Crippen molar-refractivity contribution in [3.63, 3.8) is 0 Å². The lowest BCUT2D eigenvalue weighted by molar-refractivity contribution is 0.150. The van der Waals surface area contributed by atoms with E-state index in [1.54, 1.807) is 4.57 Å². The van der Waals surface area contributed by atoms with Crippen molar-refractivity contribution in [2.75, 3.05) is 6.54 Å². The third-order valence-electron chi connectivity index (χ3n) is 7.00. The molecule has 0 radical (unpaired) electrons. The zero-order valence-electron chi connectivity index (χ0n) is 22.1. The van der Waals surface area contributed by atoms with Crippen LogP contribution in [0.3, 0.4) is 0 Å². The molecule has 0 bridgehead atoms. The van der Waals surface area contributed by atoms with E-state index >= 15 is 0 Å². The minimum Gasteiger partial charge on any atom is -0.494 e. The van der Waals surface area contributed by atoms with Crippen LogP contribution in [0.2, 0.25) is 0 Å². The van der Waals surface area contributed by atoms with Gasteiger partial charge < -0.3 is 15.5 Å². The van der Waals surface area contributed by atoms with Gasteiger partial charge in [0.15, 0.2) is 11.8 Å². The Labute approximate surface area is 186 Å². The number of hydrogen-bond donors (Lipinski definition) is 3. The van der Waals surface area contributed by atoms with Crippen LogP contribution in [0.1, 0.15) is 114 Å². The van der Waals surface area contributed by atoms with E-state index in [-0.39, 0.29) is 28.0 Å². The van der Waals surface area contributed by atoms with Crippen molar-refractivity contribution in [3.05, 3.63) is 11.1 Å². The molecule has 1 heterocycles. The number of rotatable bonds is 9. The summed E-state index contributed by atoms with van der Waals surface area (Å²) >= 11 is 0. The van der Waals surface area contributed by atoms with E-state index in [0.29, 0.717) is 12.0 Å². The summed E-state index contributed by atoms with van der Waals surface area (Å²) in [7, 11) is 0. The summed E-state index contributed by atoms with van der Waals surface area (Å²) in [6.45, 7) is 29.1. The van der Waals surface area contributed by atoms with Gasteiger partial charge in [0.1, 0.15) is 0 Å². The monoisotopic (exact) mass is 422 g/mol. The van der Waals surface area contributed by atoms with Gasteiger partial charge in [0, 0.05) is 28.1 Å². The van der Waals surface area contributed by atoms with Gasteiger partial charge in [0.2, 0.25) is 0 Å². The second kappa shape index (κ2) is 8.76. The maximum atomic E-state index is 11.6. The maximum absolute atomic E-state index is 11.6. The van der Waals surface area contributed by atoms with E-state index < -0.39 is 5.54 Å². The summed E-state index contributed by atoms with van der Waals surface area (Å²) in [5.41, 5.74) is 0.668. The number of aromatic nitrogens is 1. The molecule has 1 rings (SSSR count). The van der Waals surface area contributed by atoms with Gasteiger partial charge in [-0.1, -0.05) is 76.2 Å². The minimum absolute atomic E-state index is 0.0549. The first-order chi connectivity index (χ1) is 13.3. The van der Waals surface area contributed by atoms with Crippen molar-refractivity contribution < 1.29 is 10.2 Å². The van der Waals surface area contributed by atoms with Crippen LogP contribution in [0.15, 0.2) is 0 Å². The minimum atomic E-state index is -0.424. The van der Waals surface area contributed by atoms with Crippen molar-refractivity contribution in [2.45, 2.75) is 125 Å². The fourth-order valence-electron chi connectivity index (χ4n) is 4.82. The Hall–Kier alpha value is -1.16. The topological polar surface area (TPSA) is 57.4 Å². The molecule has 0 unspecified atom stereocenters. The van der Waals surface area contributed by atoms with E-state index in [2.05, 4.69) is 95.3 Å². The van der Waals surface area contributed by atoms with Crippen LogP contribution in [0.4, 0.5) is 0 Å². The normalized spacial score (nSPS) is 14.2. The van der Waals surface area contributed by atoms with Crippen LogP contribution in [-0.4, -0.2) is 27.4 Å². The van der Waals surface area contributed by atoms with E-state index in [1.165, 1.54) is 0 Å². The third kappa shape index (κ3) is 5.36. The Morgan fingerprint density at radius 3 is 1.67 bits per heavy atom. The van der Waals surface area contributed by atoms with Crippen molar-refractivity contribution in [1.82, 2.24) is 9.88 Å². The lowest BCUT2D eigenvalue weighted by atomic mass is 9.59. The molecule has 4 nitrogen and oxygen atoms in total.